The maximum atomic E-state index is 12.3. The van der Waals surface area contributed by atoms with Crippen LogP contribution in [0.5, 0.6) is 0 Å². The number of rotatable bonds is 13. The van der Waals surface area contributed by atoms with Crippen molar-refractivity contribution in [2.75, 3.05) is 39.5 Å². The van der Waals surface area contributed by atoms with Gasteiger partial charge in [-0.3, -0.25) is 19.3 Å². The predicted octanol–water partition coefficient (Wildman–Crippen LogP) is 4.57. The van der Waals surface area contributed by atoms with Crippen LogP contribution in [0, 0.1) is 34.5 Å². The Morgan fingerprint density at radius 3 is 1.18 bits per heavy atom. The zero-order valence-corrected chi connectivity index (χ0v) is 22.9. The smallest absolute Gasteiger partial charge is 0.309 e. The average molecular weight is 472 g/mol. The second-order valence-electron chi connectivity index (χ2n) is 11.6. The van der Waals surface area contributed by atoms with Gasteiger partial charge < -0.3 is 14.2 Å². The van der Waals surface area contributed by atoms with Crippen LogP contribution >= 0.6 is 0 Å². The molecule has 0 spiro atoms. The third-order valence-corrected chi connectivity index (χ3v) is 6.63. The molecule has 3 atom stereocenters. The number of hydrogen-bond acceptors (Lipinski definition) is 7. The number of ether oxygens (including phenoxy) is 3. The molecule has 0 aromatic rings. The Balaban J connectivity index is 4.80. The van der Waals surface area contributed by atoms with Crippen molar-refractivity contribution in [3.8, 4) is 0 Å². The van der Waals surface area contributed by atoms with Crippen LogP contribution in [0.3, 0.4) is 0 Å². The fraction of sp³-hybridized carbons (Fsp3) is 0.885. The Labute approximate surface area is 201 Å². The summed E-state index contributed by atoms with van der Waals surface area (Å²) in [6, 6.07) is 0. The van der Waals surface area contributed by atoms with Crippen molar-refractivity contribution in [1.29, 1.82) is 0 Å². The molecule has 0 aromatic heterocycles. The van der Waals surface area contributed by atoms with E-state index in [0.717, 1.165) is 0 Å². The average Bonchev–Trinajstić information content (AvgIpc) is 2.69. The maximum Gasteiger partial charge on any atom is 0.309 e. The molecule has 0 radical (unpaired) electrons. The lowest BCUT2D eigenvalue weighted by atomic mass is 9.82. The lowest BCUT2D eigenvalue weighted by Crippen LogP contribution is -2.37. The van der Waals surface area contributed by atoms with Crippen LogP contribution in [0.4, 0.5) is 0 Å². The summed E-state index contributed by atoms with van der Waals surface area (Å²) < 4.78 is 16.4. The van der Waals surface area contributed by atoms with Gasteiger partial charge in [-0.05, 0) is 16.7 Å². The fourth-order valence-electron chi connectivity index (χ4n) is 2.52. The molecule has 0 aliphatic rings. The van der Waals surface area contributed by atoms with Crippen LogP contribution in [0.2, 0.25) is 0 Å². The van der Waals surface area contributed by atoms with E-state index in [1.807, 2.05) is 81.1 Å². The topological polar surface area (TPSA) is 82.1 Å². The van der Waals surface area contributed by atoms with Crippen molar-refractivity contribution in [3.05, 3.63) is 0 Å². The molecular formula is C26H49NO6. The number of hydrogen-bond donors (Lipinski definition) is 0. The fourth-order valence-corrected chi connectivity index (χ4v) is 2.52. The number of carbonyl (C=O) groups excluding carboxylic acids is 3. The van der Waals surface area contributed by atoms with Crippen LogP contribution in [0.25, 0.3) is 0 Å². The number of esters is 3. The quantitative estimate of drug-likeness (QED) is 0.287. The summed E-state index contributed by atoms with van der Waals surface area (Å²) in [5.41, 5.74) is -0.341. The van der Waals surface area contributed by atoms with E-state index in [9.17, 15) is 14.4 Å². The molecule has 194 valence electrons. The van der Waals surface area contributed by atoms with Gasteiger partial charge in [-0.1, -0.05) is 76.2 Å². The summed E-state index contributed by atoms with van der Waals surface area (Å²) in [7, 11) is 0. The van der Waals surface area contributed by atoms with E-state index in [0.29, 0.717) is 19.6 Å². The van der Waals surface area contributed by atoms with Crippen molar-refractivity contribution >= 4 is 17.9 Å². The Kier molecular flexibility index (Phi) is 13.2. The van der Waals surface area contributed by atoms with Crippen molar-refractivity contribution in [3.63, 3.8) is 0 Å². The van der Waals surface area contributed by atoms with Crippen molar-refractivity contribution in [1.82, 2.24) is 4.90 Å². The molecule has 0 aromatic carbocycles. The number of carbonyl (C=O) groups is 3. The zero-order chi connectivity index (χ0) is 26.0. The lowest BCUT2D eigenvalue weighted by Gasteiger charge is -2.27. The van der Waals surface area contributed by atoms with Gasteiger partial charge in [0.15, 0.2) is 0 Å². The van der Waals surface area contributed by atoms with Crippen LogP contribution in [0.15, 0.2) is 0 Å². The van der Waals surface area contributed by atoms with Crippen LogP contribution in [-0.4, -0.2) is 62.3 Å². The van der Waals surface area contributed by atoms with Crippen molar-refractivity contribution < 1.29 is 28.6 Å². The largest absolute Gasteiger partial charge is 0.464 e. The van der Waals surface area contributed by atoms with Crippen LogP contribution in [-0.2, 0) is 28.6 Å². The highest BCUT2D eigenvalue weighted by Gasteiger charge is 2.29. The summed E-state index contributed by atoms with van der Waals surface area (Å²) >= 11 is 0. The minimum absolute atomic E-state index is 0.168. The molecule has 0 fully saturated rings. The van der Waals surface area contributed by atoms with Crippen LogP contribution in [0.1, 0.15) is 76.2 Å². The highest BCUT2D eigenvalue weighted by Crippen LogP contribution is 2.27. The first kappa shape index (κ1) is 31.4. The summed E-state index contributed by atoms with van der Waals surface area (Å²) in [5.74, 6) is -1.08. The van der Waals surface area contributed by atoms with E-state index in [2.05, 4.69) is 0 Å². The van der Waals surface area contributed by atoms with Crippen molar-refractivity contribution in [2.45, 2.75) is 76.2 Å². The monoisotopic (exact) mass is 471 g/mol. The van der Waals surface area contributed by atoms with Gasteiger partial charge in [-0.2, -0.15) is 0 Å². The molecule has 0 bridgehead atoms. The van der Waals surface area contributed by atoms with Gasteiger partial charge in [0.25, 0.3) is 0 Å². The molecule has 0 aliphatic carbocycles. The number of nitrogens with zero attached hydrogens (tertiary/aromatic N) is 1. The van der Waals surface area contributed by atoms with Gasteiger partial charge >= 0.3 is 17.9 Å². The molecular weight excluding hydrogens is 422 g/mol. The second kappa shape index (κ2) is 13.9. The lowest BCUT2D eigenvalue weighted by molar-refractivity contribution is -0.152. The molecule has 0 heterocycles. The molecule has 7 nitrogen and oxygen atoms in total. The van der Waals surface area contributed by atoms with E-state index >= 15 is 0 Å². The highest BCUT2D eigenvalue weighted by atomic mass is 16.5. The molecule has 33 heavy (non-hydrogen) atoms. The van der Waals surface area contributed by atoms with Gasteiger partial charge in [0.05, 0.1) is 17.8 Å². The highest BCUT2D eigenvalue weighted by molar-refractivity contribution is 5.73. The Bertz CT molecular complexity index is 579. The predicted molar refractivity (Wildman–Crippen MR) is 131 cm³/mol. The minimum Gasteiger partial charge on any atom is -0.464 e. The Hall–Kier alpha value is -1.63. The normalized spacial score (nSPS) is 15.2. The summed E-state index contributed by atoms with van der Waals surface area (Å²) in [6.45, 7) is 23.7. The van der Waals surface area contributed by atoms with Crippen molar-refractivity contribution in [2.24, 2.45) is 34.5 Å². The maximum absolute atomic E-state index is 12.3. The summed E-state index contributed by atoms with van der Waals surface area (Å²) in [6.07, 6.45) is 0. The van der Waals surface area contributed by atoms with E-state index in [1.165, 1.54) is 0 Å². The SMILES string of the molecule is CC(C)C(C)C(=O)OCCN(CCOC(=O)C(C)C(C)(C)C)CCOC(=O)C(C)C(C)(C)C. The molecule has 0 amide bonds. The molecule has 3 unspecified atom stereocenters. The minimum atomic E-state index is -0.231. The Morgan fingerprint density at radius 2 is 0.909 bits per heavy atom. The van der Waals surface area contributed by atoms with E-state index in [4.69, 9.17) is 14.2 Å². The van der Waals surface area contributed by atoms with E-state index < -0.39 is 0 Å². The first-order valence-electron chi connectivity index (χ1n) is 12.2. The first-order valence-corrected chi connectivity index (χ1v) is 12.2. The standard InChI is InChI=1S/C26H49NO6/c1-18(2)19(3)22(28)31-15-12-27(13-16-32-23(29)20(4)25(6,7)8)14-17-33-24(30)21(5)26(9,10)11/h18-21H,12-17H2,1-11H3. The first-order chi connectivity index (χ1) is 15.0. The third kappa shape index (κ3) is 12.4. The van der Waals surface area contributed by atoms with Gasteiger partial charge in [0.1, 0.15) is 19.8 Å². The molecule has 0 aliphatic heterocycles. The van der Waals surface area contributed by atoms with Gasteiger partial charge in [0, 0.05) is 19.6 Å². The van der Waals surface area contributed by atoms with Crippen LogP contribution < -0.4 is 0 Å². The van der Waals surface area contributed by atoms with E-state index in [1.54, 1.807) is 0 Å². The molecule has 0 saturated carbocycles. The van der Waals surface area contributed by atoms with Gasteiger partial charge in [-0.25, -0.2) is 0 Å². The zero-order valence-electron chi connectivity index (χ0n) is 22.9. The molecule has 0 rings (SSSR count). The summed E-state index contributed by atoms with van der Waals surface area (Å²) in [5, 5.41) is 0. The summed E-state index contributed by atoms with van der Waals surface area (Å²) in [4.78, 5) is 38.7. The third-order valence-electron chi connectivity index (χ3n) is 6.63. The van der Waals surface area contributed by atoms with Gasteiger partial charge in [-0.15, -0.1) is 0 Å². The van der Waals surface area contributed by atoms with E-state index in [-0.39, 0.29) is 72.2 Å². The molecule has 7 heteroatoms. The molecule has 0 N–H and O–H groups in total. The second-order valence-corrected chi connectivity index (χ2v) is 11.6. The Morgan fingerprint density at radius 1 is 0.606 bits per heavy atom. The molecule has 0 saturated heterocycles. The van der Waals surface area contributed by atoms with Gasteiger partial charge in [0.2, 0.25) is 0 Å².